The van der Waals surface area contributed by atoms with Crippen LogP contribution in [0.4, 0.5) is 13.2 Å². The predicted molar refractivity (Wildman–Crippen MR) is 127 cm³/mol. The van der Waals surface area contributed by atoms with E-state index in [9.17, 15) is 18.0 Å². The smallest absolute Gasteiger partial charge is 0.335 e. The number of likely N-dealkylation sites (tertiary alicyclic amines) is 2. The lowest BCUT2D eigenvalue weighted by Gasteiger charge is -2.47. The van der Waals surface area contributed by atoms with Crippen LogP contribution < -0.4 is 0 Å². The number of hydrogen-bond acceptors (Lipinski definition) is 3. The van der Waals surface area contributed by atoms with E-state index in [0.29, 0.717) is 23.9 Å². The molecule has 4 heterocycles. The van der Waals surface area contributed by atoms with Crippen LogP contribution >= 0.6 is 11.6 Å². The van der Waals surface area contributed by atoms with Gasteiger partial charge < -0.3 is 9.47 Å². The summed E-state index contributed by atoms with van der Waals surface area (Å²) in [5, 5.41) is 0.595. The second kappa shape index (κ2) is 9.66. The first-order chi connectivity index (χ1) is 16.8. The summed E-state index contributed by atoms with van der Waals surface area (Å²) >= 11 is 5.98. The molecule has 184 valence electrons. The molecule has 2 atom stereocenters. The second-order valence-corrected chi connectivity index (χ2v) is 9.75. The molecule has 0 saturated carbocycles. The Hall–Kier alpha value is -2.84. The van der Waals surface area contributed by atoms with Crippen LogP contribution in [0.5, 0.6) is 0 Å². The summed E-state index contributed by atoms with van der Waals surface area (Å²) < 4.78 is 40.7. The van der Waals surface area contributed by atoms with E-state index < -0.39 is 11.7 Å². The minimum atomic E-state index is -4.36. The van der Waals surface area contributed by atoms with Crippen molar-refractivity contribution >= 4 is 17.5 Å². The Morgan fingerprint density at radius 2 is 1.83 bits per heavy atom. The molecule has 2 aromatic heterocycles. The maximum absolute atomic E-state index is 12.9. The lowest BCUT2D eigenvalue weighted by atomic mass is 9.83. The van der Waals surface area contributed by atoms with Crippen molar-refractivity contribution < 1.29 is 18.0 Å². The number of pyridine rings is 1. The molecule has 5 rings (SSSR count). The average molecular weight is 503 g/mol. The SMILES string of the molecule is O=C1CC[C@@H]2CN(Cc3cccn3-c3ccc(Cl)cn3)CC[C@@H]2N1Cc1ccc(C(F)(F)F)cc1. The summed E-state index contributed by atoms with van der Waals surface area (Å²) in [6.45, 7) is 2.84. The molecule has 2 fully saturated rings. The number of alkyl halides is 3. The highest BCUT2D eigenvalue weighted by Crippen LogP contribution is 2.34. The molecule has 1 amide bonds. The van der Waals surface area contributed by atoms with E-state index in [1.807, 2.05) is 29.3 Å². The highest BCUT2D eigenvalue weighted by molar-refractivity contribution is 6.30. The largest absolute Gasteiger partial charge is 0.416 e. The van der Waals surface area contributed by atoms with Crippen LogP contribution in [-0.2, 0) is 24.1 Å². The molecule has 2 saturated heterocycles. The number of fused-ring (bicyclic) bond motifs is 1. The van der Waals surface area contributed by atoms with Crippen molar-refractivity contribution in [3.05, 3.63) is 82.8 Å². The third-order valence-electron chi connectivity index (χ3n) is 7.04. The molecule has 0 spiro atoms. The molecular weight excluding hydrogens is 477 g/mol. The molecule has 0 N–H and O–H groups in total. The first-order valence-corrected chi connectivity index (χ1v) is 12.1. The second-order valence-electron chi connectivity index (χ2n) is 9.31. The average Bonchev–Trinajstić information content (AvgIpc) is 3.29. The zero-order valence-corrected chi connectivity index (χ0v) is 19.8. The molecule has 3 aromatic rings. The van der Waals surface area contributed by atoms with Crippen LogP contribution in [-0.4, -0.2) is 44.4 Å². The summed E-state index contributed by atoms with van der Waals surface area (Å²) in [5.74, 6) is 1.24. The van der Waals surface area contributed by atoms with Crippen molar-refractivity contribution in [2.24, 2.45) is 5.92 Å². The predicted octanol–water partition coefficient (Wildman–Crippen LogP) is 5.56. The van der Waals surface area contributed by atoms with Crippen LogP contribution in [0.25, 0.3) is 5.82 Å². The van der Waals surface area contributed by atoms with Gasteiger partial charge in [-0.2, -0.15) is 13.2 Å². The van der Waals surface area contributed by atoms with E-state index in [2.05, 4.69) is 20.5 Å². The van der Waals surface area contributed by atoms with Gasteiger partial charge in [-0.25, -0.2) is 4.98 Å². The van der Waals surface area contributed by atoms with Crippen molar-refractivity contribution in [2.45, 2.75) is 44.6 Å². The van der Waals surface area contributed by atoms with Gasteiger partial charge >= 0.3 is 6.18 Å². The monoisotopic (exact) mass is 502 g/mol. The Balaban J connectivity index is 1.25. The Morgan fingerprint density at radius 1 is 1.03 bits per heavy atom. The molecule has 5 nitrogen and oxygen atoms in total. The number of amides is 1. The first kappa shape index (κ1) is 23.9. The molecule has 0 aliphatic carbocycles. The fourth-order valence-electron chi connectivity index (χ4n) is 5.28. The fraction of sp³-hybridized carbons (Fsp3) is 0.385. The number of nitrogens with zero attached hydrogens (tertiary/aromatic N) is 4. The van der Waals surface area contributed by atoms with E-state index in [-0.39, 0.29) is 11.9 Å². The number of carbonyl (C=O) groups is 1. The van der Waals surface area contributed by atoms with Crippen molar-refractivity contribution in [3.8, 4) is 5.82 Å². The van der Waals surface area contributed by atoms with Gasteiger partial charge in [0, 0.05) is 56.7 Å². The van der Waals surface area contributed by atoms with Gasteiger partial charge in [0.1, 0.15) is 5.82 Å². The number of rotatable bonds is 5. The maximum Gasteiger partial charge on any atom is 0.416 e. The van der Waals surface area contributed by atoms with Gasteiger partial charge in [-0.1, -0.05) is 23.7 Å². The van der Waals surface area contributed by atoms with Gasteiger partial charge in [-0.3, -0.25) is 9.69 Å². The van der Waals surface area contributed by atoms with Gasteiger partial charge in [0.2, 0.25) is 5.91 Å². The Labute approximate surface area is 207 Å². The van der Waals surface area contributed by atoms with Gasteiger partial charge in [0.25, 0.3) is 0 Å². The Bertz CT molecular complexity index is 1180. The van der Waals surface area contributed by atoms with Gasteiger partial charge in [-0.05, 0) is 60.7 Å². The van der Waals surface area contributed by atoms with Crippen molar-refractivity contribution in [2.75, 3.05) is 13.1 Å². The van der Waals surface area contributed by atoms with Crippen molar-refractivity contribution in [1.82, 2.24) is 19.4 Å². The number of halogens is 4. The zero-order valence-electron chi connectivity index (χ0n) is 19.1. The number of aromatic nitrogens is 2. The summed E-state index contributed by atoms with van der Waals surface area (Å²) in [6.07, 6.45) is 1.42. The summed E-state index contributed by atoms with van der Waals surface area (Å²) in [5.41, 5.74) is 1.19. The molecular formula is C26H26ClF3N4O. The number of benzene rings is 1. The maximum atomic E-state index is 12.9. The van der Waals surface area contributed by atoms with Crippen LogP contribution in [0, 0.1) is 5.92 Å². The molecule has 2 aliphatic heterocycles. The minimum absolute atomic E-state index is 0.0855. The van der Waals surface area contributed by atoms with E-state index in [1.165, 1.54) is 12.1 Å². The van der Waals surface area contributed by atoms with Crippen molar-refractivity contribution in [1.29, 1.82) is 0 Å². The highest BCUT2D eigenvalue weighted by Gasteiger charge is 2.39. The molecule has 1 aromatic carbocycles. The van der Waals surface area contributed by atoms with Crippen LogP contribution in [0.3, 0.4) is 0 Å². The molecule has 0 bridgehead atoms. The molecule has 2 aliphatic rings. The summed E-state index contributed by atoms with van der Waals surface area (Å²) in [7, 11) is 0. The zero-order chi connectivity index (χ0) is 24.6. The van der Waals surface area contributed by atoms with E-state index in [1.54, 1.807) is 6.20 Å². The van der Waals surface area contributed by atoms with Gasteiger partial charge in [-0.15, -0.1) is 0 Å². The molecule has 9 heteroatoms. The van der Waals surface area contributed by atoms with E-state index in [0.717, 1.165) is 61.7 Å². The minimum Gasteiger partial charge on any atom is -0.335 e. The standard InChI is InChI=1S/C26H26ClF3N4O/c27-21-8-9-24(31-14-21)33-12-1-2-22(33)17-32-13-11-23-19(16-32)5-10-25(35)34(23)15-18-3-6-20(7-4-18)26(28,29)30/h1-4,6-9,12,14,19,23H,5,10-11,13,15-17H2/t19-,23+/m1/s1. The first-order valence-electron chi connectivity index (χ1n) is 11.7. The Morgan fingerprint density at radius 3 is 2.54 bits per heavy atom. The normalized spacial score (nSPS) is 21.3. The number of piperidine rings is 2. The van der Waals surface area contributed by atoms with E-state index >= 15 is 0 Å². The van der Waals surface area contributed by atoms with Crippen LogP contribution in [0.2, 0.25) is 5.02 Å². The van der Waals surface area contributed by atoms with Gasteiger partial charge in [0.05, 0.1) is 10.6 Å². The summed E-state index contributed by atoms with van der Waals surface area (Å²) in [6, 6.07) is 13.1. The number of hydrogen-bond donors (Lipinski definition) is 0. The topological polar surface area (TPSA) is 41.4 Å². The van der Waals surface area contributed by atoms with E-state index in [4.69, 9.17) is 11.6 Å². The van der Waals surface area contributed by atoms with Crippen LogP contribution in [0.1, 0.15) is 36.1 Å². The molecule has 0 unspecified atom stereocenters. The van der Waals surface area contributed by atoms with Crippen LogP contribution in [0.15, 0.2) is 60.9 Å². The highest BCUT2D eigenvalue weighted by atomic mass is 35.5. The number of carbonyl (C=O) groups excluding carboxylic acids is 1. The lowest BCUT2D eigenvalue weighted by Crippen LogP contribution is -2.55. The lowest BCUT2D eigenvalue weighted by molar-refractivity contribution is -0.142. The third kappa shape index (κ3) is 5.23. The van der Waals surface area contributed by atoms with Gasteiger partial charge in [0.15, 0.2) is 0 Å². The third-order valence-corrected chi connectivity index (χ3v) is 7.26. The fourth-order valence-corrected chi connectivity index (χ4v) is 5.39. The Kier molecular flexibility index (Phi) is 6.59. The quantitative estimate of drug-likeness (QED) is 0.459. The summed E-state index contributed by atoms with van der Waals surface area (Å²) in [4.78, 5) is 21.5. The molecule has 35 heavy (non-hydrogen) atoms. The molecule has 0 radical (unpaired) electrons. The van der Waals surface area contributed by atoms with Crippen molar-refractivity contribution in [3.63, 3.8) is 0 Å².